The maximum Gasteiger partial charge on any atom is 0.416 e. The lowest BCUT2D eigenvalue weighted by atomic mass is 10.1. The number of rotatable bonds is 3. The first kappa shape index (κ1) is 18.4. The Balaban J connectivity index is 1.70. The van der Waals surface area contributed by atoms with Gasteiger partial charge in [0.2, 0.25) is 5.12 Å². The maximum atomic E-state index is 12.7. The van der Waals surface area contributed by atoms with E-state index in [1.807, 2.05) is 35.0 Å². The molecule has 0 bridgehead atoms. The van der Waals surface area contributed by atoms with Gasteiger partial charge in [0.15, 0.2) is 0 Å². The van der Waals surface area contributed by atoms with Gasteiger partial charge < -0.3 is 9.88 Å². The Labute approximate surface area is 162 Å². The minimum atomic E-state index is -4.37. The first-order valence-electron chi connectivity index (χ1n) is 8.30. The maximum absolute atomic E-state index is 12.7. The van der Waals surface area contributed by atoms with Gasteiger partial charge in [-0.3, -0.25) is 9.59 Å². The fraction of sp³-hybridized carbons (Fsp3) is 0.100. The smallest absolute Gasteiger partial charge is 0.342 e. The topological polar surface area (TPSA) is 51.1 Å². The van der Waals surface area contributed by atoms with Crippen molar-refractivity contribution in [2.45, 2.75) is 12.7 Å². The van der Waals surface area contributed by atoms with Gasteiger partial charge in [-0.1, -0.05) is 30.3 Å². The number of nitrogens with one attached hydrogen (secondary N) is 1. The second kappa shape index (κ2) is 6.87. The number of benzene rings is 2. The molecule has 1 aromatic heterocycles. The number of carbonyl (C=O) groups excluding carboxylic acids is 2. The summed E-state index contributed by atoms with van der Waals surface area (Å²) < 4.78 is 40.1. The molecule has 142 valence electrons. The third-order valence-corrected chi connectivity index (χ3v) is 5.09. The molecule has 2 heterocycles. The van der Waals surface area contributed by atoms with Gasteiger partial charge >= 0.3 is 6.18 Å². The predicted octanol–water partition coefficient (Wildman–Crippen LogP) is 5.03. The Morgan fingerprint density at radius 2 is 1.75 bits per heavy atom. The van der Waals surface area contributed by atoms with E-state index < -0.39 is 17.0 Å². The molecule has 1 saturated heterocycles. The summed E-state index contributed by atoms with van der Waals surface area (Å²) >= 11 is 0.610. The third-order valence-electron chi connectivity index (χ3n) is 4.40. The van der Waals surface area contributed by atoms with E-state index in [1.54, 1.807) is 6.08 Å². The van der Waals surface area contributed by atoms with Gasteiger partial charge in [-0.15, -0.1) is 0 Å². The summed E-state index contributed by atoms with van der Waals surface area (Å²) in [5.41, 5.74) is 1.86. The molecule has 0 radical (unpaired) electrons. The molecule has 28 heavy (non-hydrogen) atoms. The molecule has 2 aromatic carbocycles. The Morgan fingerprint density at radius 1 is 1.04 bits per heavy atom. The van der Waals surface area contributed by atoms with Crippen molar-refractivity contribution in [1.82, 2.24) is 9.88 Å². The molecule has 0 saturated carbocycles. The van der Waals surface area contributed by atoms with Gasteiger partial charge in [-0.2, -0.15) is 13.2 Å². The van der Waals surface area contributed by atoms with Crippen LogP contribution < -0.4 is 5.32 Å². The molecule has 1 aliphatic heterocycles. The second-order valence-corrected chi connectivity index (χ2v) is 7.23. The lowest BCUT2D eigenvalue weighted by molar-refractivity contribution is -0.137. The van der Waals surface area contributed by atoms with Crippen molar-refractivity contribution >= 4 is 39.1 Å². The molecule has 0 unspecified atom stereocenters. The molecule has 1 N–H and O–H groups in total. The van der Waals surface area contributed by atoms with E-state index in [1.165, 1.54) is 12.1 Å². The van der Waals surface area contributed by atoms with Gasteiger partial charge in [0.1, 0.15) is 0 Å². The van der Waals surface area contributed by atoms with E-state index in [0.717, 1.165) is 28.6 Å². The Kier molecular flexibility index (Phi) is 4.50. The summed E-state index contributed by atoms with van der Waals surface area (Å²) in [4.78, 5) is 23.2. The van der Waals surface area contributed by atoms with Crippen molar-refractivity contribution in [3.8, 4) is 0 Å². The van der Waals surface area contributed by atoms with Gasteiger partial charge in [-0.25, -0.2) is 0 Å². The number of nitrogens with zero attached hydrogens (tertiary/aromatic N) is 1. The average molecular weight is 402 g/mol. The summed E-state index contributed by atoms with van der Waals surface area (Å²) in [5, 5.41) is 2.64. The molecule has 1 fully saturated rings. The number of hydrogen-bond donors (Lipinski definition) is 1. The van der Waals surface area contributed by atoms with Crippen LogP contribution in [0, 0.1) is 0 Å². The number of fused-ring (bicyclic) bond motifs is 1. The minimum Gasteiger partial charge on any atom is -0.342 e. The van der Waals surface area contributed by atoms with Crippen LogP contribution in [0.25, 0.3) is 17.0 Å². The number of alkyl halides is 3. The Morgan fingerprint density at radius 3 is 2.39 bits per heavy atom. The standard InChI is InChI=1S/C20H13F3N2O2S/c21-20(22,23)14-7-5-12(6-8-14)10-25-11-13(15-3-1-2-4-17(15)25)9-16-18(26)28-19(27)24-16/h1-9,11H,10H2,(H,24,27). The molecule has 8 heteroatoms. The Bertz CT molecular complexity index is 1110. The van der Waals surface area contributed by atoms with Crippen LogP contribution in [0.3, 0.4) is 0 Å². The van der Waals surface area contributed by atoms with Crippen molar-refractivity contribution in [3.63, 3.8) is 0 Å². The molecule has 0 atom stereocenters. The van der Waals surface area contributed by atoms with Gasteiger partial charge in [0.25, 0.3) is 5.24 Å². The molecule has 0 spiro atoms. The molecule has 1 amide bonds. The highest BCUT2D eigenvalue weighted by Crippen LogP contribution is 2.30. The van der Waals surface area contributed by atoms with Crippen LogP contribution in [0.2, 0.25) is 0 Å². The van der Waals surface area contributed by atoms with Crippen LogP contribution in [-0.2, 0) is 17.5 Å². The SMILES string of the molecule is O=C1NC(=Cc2cn(Cc3ccc(C(F)(F)F)cc3)c3ccccc23)C(=O)S1. The number of amides is 1. The zero-order valence-corrected chi connectivity index (χ0v) is 15.1. The van der Waals surface area contributed by atoms with E-state index in [2.05, 4.69) is 5.32 Å². The zero-order chi connectivity index (χ0) is 19.9. The number of halogens is 3. The minimum absolute atomic E-state index is 0.215. The molecular formula is C20H13F3N2O2S. The van der Waals surface area contributed by atoms with Crippen LogP contribution in [0.1, 0.15) is 16.7 Å². The number of carbonyl (C=O) groups is 2. The van der Waals surface area contributed by atoms with Crippen LogP contribution in [0.15, 0.2) is 60.4 Å². The van der Waals surface area contributed by atoms with Crippen LogP contribution in [-0.4, -0.2) is 14.9 Å². The highest BCUT2D eigenvalue weighted by atomic mass is 32.2. The van der Waals surface area contributed by atoms with Gasteiger partial charge in [0.05, 0.1) is 11.3 Å². The van der Waals surface area contributed by atoms with E-state index in [4.69, 9.17) is 0 Å². The normalized spacial score (nSPS) is 16.2. The molecular weight excluding hydrogens is 389 g/mol. The number of para-hydroxylation sites is 1. The molecule has 4 rings (SSSR count). The summed E-state index contributed by atoms with van der Waals surface area (Å²) in [6, 6.07) is 12.5. The molecule has 3 aromatic rings. The predicted molar refractivity (Wildman–Crippen MR) is 102 cm³/mol. The second-order valence-electron chi connectivity index (χ2n) is 6.28. The van der Waals surface area contributed by atoms with Crippen LogP contribution >= 0.6 is 11.8 Å². The van der Waals surface area contributed by atoms with Crippen molar-refractivity contribution in [1.29, 1.82) is 0 Å². The summed E-state index contributed by atoms with van der Waals surface area (Å²) in [5.74, 6) is 0. The zero-order valence-electron chi connectivity index (χ0n) is 14.3. The summed E-state index contributed by atoms with van der Waals surface area (Å²) in [6.07, 6.45) is -0.933. The lowest BCUT2D eigenvalue weighted by Crippen LogP contribution is -2.10. The highest BCUT2D eigenvalue weighted by molar-refractivity contribution is 8.27. The fourth-order valence-corrected chi connectivity index (χ4v) is 3.64. The largest absolute Gasteiger partial charge is 0.416 e. The van der Waals surface area contributed by atoms with Crippen molar-refractivity contribution in [2.75, 3.05) is 0 Å². The lowest BCUT2D eigenvalue weighted by Gasteiger charge is -2.09. The first-order valence-corrected chi connectivity index (χ1v) is 9.12. The number of thioether (sulfide) groups is 1. The van der Waals surface area contributed by atoms with Crippen LogP contribution in [0.4, 0.5) is 18.0 Å². The van der Waals surface area contributed by atoms with E-state index in [0.29, 0.717) is 23.9 Å². The van der Waals surface area contributed by atoms with Gasteiger partial charge in [0, 0.05) is 41.0 Å². The number of aromatic nitrogens is 1. The summed E-state index contributed by atoms with van der Waals surface area (Å²) in [7, 11) is 0. The Hall–Kier alpha value is -3.00. The average Bonchev–Trinajstić information content (AvgIpc) is 3.15. The van der Waals surface area contributed by atoms with E-state index in [-0.39, 0.29) is 10.8 Å². The summed E-state index contributed by atoms with van der Waals surface area (Å²) in [6.45, 7) is 0.372. The highest BCUT2D eigenvalue weighted by Gasteiger charge is 2.30. The van der Waals surface area contributed by atoms with E-state index in [9.17, 15) is 22.8 Å². The first-order chi connectivity index (χ1) is 13.3. The van der Waals surface area contributed by atoms with E-state index >= 15 is 0 Å². The number of hydrogen-bond acceptors (Lipinski definition) is 3. The molecule has 1 aliphatic rings. The molecule has 4 nitrogen and oxygen atoms in total. The third kappa shape index (κ3) is 3.55. The quantitative estimate of drug-likeness (QED) is 0.625. The van der Waals surface area contributed by atoms with Crippen LogP contribution in [0.5, 0.6) is 0 Å². The molecule has 0 aliphatic carbocycles. The monoisotopic (exact) mass is 402 g/mol. The van der Waals surface area contributed by atoms with Crippen molar-refractivity contribution in [2.24, 2.45) is 0 Å². The van der Waals surface area contributed by atoms with Gasteiger partial charge in [-0.05, 0) is 29.8 Å². The fourth-order valence-electron chi connectivity index (χ4n) is 3.09. The van der Waals surface area contributed by atoms with Crippen molar-refractivity contribution < 1.29 is 22.8 Å². The van der Waals surface area contributed by atoms with Crippen molar-refractivity contribution in [3.05, 3.63) is 77.1 Å².